The summed E-state index contributed by atoms with van der Waals surface area (Å²) in [5.74, 6) is -1.45. The molecule has 1 aromatic carbocycles. The van der Waals surface area contributed by atoms with E-state index in [1.807, 2.05) is 6.92 Å². The Morgan fingerprint density at radius 3 is 2.47 bits per heavy atom. The molecule has 0 unspecified atom stereocenters. The van der Waals surface area contributed by atoms with E-state index in [-0.39, 0.29) is 11.6 Å². The monoisotopic (exact) mass is 275 g/mol. The molecule has 2 rings (SSSR count). The Labute approximate surface area is 107 Å². The number of halogens is 4. The number of hydrogen-bond donors (Lipinski definition) is 1. The molecule has 0 aliphatic heterocycles. The topological polar surface area (TPSA) is 29.1 Å². The lowest BCUT2D eigenvalue weighted by Gasteiger charge is -2.33. The molecule has 1 amide bonds. The molecular formula is C13H13F4NO. The SMILES string of the molecule is CC1CC(NC(=O)c2ccc(F)c(C(F)(F)F)c2)C1. The Balaban J connectivity index is 2.14. The summed E-state index contributed by atoms with van der Waals surface area (Å²) >= 11 is 0. The number of alkyl halides is 3. The number of carbonyl (C=O) groups excluding carboxylic acids is 1. The molecule has 0 atom stereocenters. The lowest BCUT2D eigenvalue weighted by atomic mass is 9.82. The molecule has 104 valence electrons. The van der Waals surface area contributed by atoms with Crippen molar-refractivity contribution >= 4 is 5.91 Å². The van der Waals surface area contributed by atoms with E-state index in [2.05, 4.69) is 5.32 Å². The minimum absolute atomic E-state index is 0.00175. The van der Waals surface area contributed by atoms with Crippen LogP contribution >= 0.6 is 0 Å². The second-order valence-corrected chi connectivity index (χ2v) is 4.94. The fraction of sp³-hybridized carbons (Fsp3) is 0.462. The first-order valence-electron chi connectivity index (χ1n) is 5.95. The van der Waals surface area contributed by atoms with Crippen LogP contribution in [0.25, 0.3) is 0 Å². The van der Waals surface area contributed by atoms with Gasteiger partial charge in [0.15, 0.2) is 0 Å². The van der Waals surface area contributed by atoms with Crippen LogP contribution in [0.3, 0.4) is 0 Å². The van der Waals surface area contributed by atoms with Gasteiger partial charge >= 0.3 is 6.18 Å². The van der Waals surface area contributed by atoms with Gasteiger partial charge in [0.2, 0.25) is 0 Å². The Kier molecular flexibility index (Phi) is 3.52. The highest BCUT2D eigenvalue weighted by molar-refractivity contribution is 5.94. The largest absolute Gasteiger partial charge is 0.419 e. The van der Waals surface area contributed by atoms with Crippen LogP contribution in [0.15, 0.2) is 18.2 Å². The van der Waals surface area contributed by atoms with Crippen molar-refractivity contribution in [2.45, 2.75) is 32.0 Å². The van der Waals surface area contributed by atoms with E-state index in [0.717, 1.165) is 18.9 Å². The van der Waals surface area contributed by atoms with E-state index in [1.165, 1.54) is 0 Å². The highest BCUT2D eigenvalue weighted by Crippen LogP contribution is 2.32. The zero-order chi connectivity index (χ0) is 14.2. The molecule has 1 saturated carbocycles. The molecule has 1 fully saturated rings. The maximum Gasteiger partial charge on any atom is 0.419 e. The third-order valence-electron chi connectivity index (χ3n) is 3.24. The minimum atomic E-state index is -4.80. The van der Waals surface area contributed by atoms with Gasteiger partial charge < -0.3 is 5.32 Å². The van der Waals surface area contributed by atoms with E-state index >= 15 is 0 Å². The Morgan fingerprint density at radius 1 is 1.32 bits per heavy atom. The molecule has 0 saturated heterocycles. The van der Waals surface area contributed by atoms with Crippen LogP contribution in [0.1, 0.15) is 35.7 Å². The average molecular weight is 275 g/mol. The number of hydrogen-bond acceptors (Lipinski definition) is 1. The van der Waals surface area contributed by atoms with Crippen molar-refractivity contribution in [1.29, 1.82) is 0 Å². The standard InChI is InChI=1S/C13H13F4NO/c1-7-4-9(5-7)18-12(19)8-2-3-11(14)10(6-8)13(15,16)17/h2-3,6-7,9H,4-5H2,1H3,(H,18,19). The number of benzene rings is 1. The number of nitrogens with one attached hydrogen (secondary N) is 1. The van der Waals surface area contributed by atoms with Gasteiger partial charge in [-0.3, -0.25) is 4.79 Å². The summed E-state index contributed by atoms with van der Waals surface area (Å²) in [6.45, 7) is 2.03. The van der Waals surface area contributed by atoms with Gasteiger partial charge in [0.1, 0.15) is 5.82 Å². The van der Waals surface area contributed by atoms with Crippen molar-refractivity contribution in [3.8, 4) is 0 Å². The fourth-order valence-corrected chi connectivity index (χ4v) is 2.17. The third kappa shape index (κ3) is 3.05. The zero-order valence-electron chi connectivity index (χ0n) is 10.2. The average Bonchev–Trinajstić information content (AvgIpc) is 2.25. The Hall–Kier alpha value is -1.59. The van der Waals surface area contributed by atoms with Gasteiger partial charge in [0.25, 0.3) is 5.91 Å². The van der Waals surface area contributed by atoms with E-state index in [4.69, 9.17) is 0 Å². The van der Waals surface area contributed by atoms with Crippen molar-refractivity contribution < 1.29 is 22.4 Å². The molecule has 6 heteroatoms. The molecule has 1 aliphatic rings. The Morgan fingerprint density at radius 2 is 1.95 bits per heavy atom. The van der Waals surface area contributed by atoms with Crippen molar-refractivity contribution in [3.63, 3.8) is 0 Å². The molecule has 1 aliphatic carbocycles. The fourth-order valence-electron chi connectivity index (χ4n) is 2.17. The number of amides is 1. The summed E-state index contributed by atoms with van der Waals surface area (Å²) in [5.41, 5.74) is -1.59. The van der Waals surface area contributed by atoms with Gasteiger partial charge in [-0.15, -0.1) is 0 Å². The second-order valence-electron chi connectivity index (χ2n) is 4.94. The van der Waals surface area contributed by atoms with Crippen molar-refractivity contribution in [3.05, 3.63) is 35.1 Å². The quantitative estimate of drug-likeness (QED) is 0.824. The van der Waals surface area contributed by atoms with E-state index in [9.17, 15) is 22.4 Å². The lowest BCUT2D eigenvalue weighted by molar-refractivity contribution is -0.140. The normalized spacial score (nSPS) is 22.8. The van der Waals surface area contributed by atoms with E-state index < -0.39 is 23.5 Å². The summed E-state index contributed by atoms with van der Waals surface area (Å²) in [4.78, 5) is 11.7. The third-order valence-corrected chi connectivity index (χ3v) is 3.24. The molecule has 19 heavy (non-hydrogen) atoms. The van der Waals surface area contributed by atoms with Gasteiger partial charge in [-0.2, -0.15) is 13.2 Å². The first-order valence-corrected chi connectivity index (χ1v) is 5.95. The highest BCUT2D eigenvalue weighted by Gasteiger charge is 2.35. The molecular weight excluding hydrogens is 262 g/mol. The summed E-state index contributed by atoms with van der Waals surface area (Å²) in [6.07, 6.45) is -3.16. The van der Waals surface area contributed by atoms with Crippen LogP contribution in [0, 0.1) is 11.7 Å². The highest BCUT2D eigenvalue weighted by atomic mass is 19.4. The zero-order valence-corrected chi connectivity index (χ0v) is 10.2. The molecule has 2 nitrogen and oxygen atoms in total. The maximum absolute atomic E-state index is 13.1. The van der Waals surface area contributed by atoms with Crippen LogP contribution in [0.4, 0.5) is 17.6 Å². The van der Waals surface area contributed by atoms with Gasteiger partial charge in [-0.25, -0.2) is 4.39 Å². The number of rotatable bonds is 2. The van der Waals surface area contributed by atoms with Gasteiger partial charge in [0.05, 0.1) is 5.56 Å². The van der Waals surface area contributed by atoms with E-state index in [1.54, 1.807) is 0 Å². The van der Waals surface area contributed by atoms with Crippen molar-refractivity contribution in [2.75, 3.05) is 0 Å². The molecule has 0 aromatic heterocycles. The molecule has 0 spiro atoms. The van der Waals surface area contributed by atoms with Crippen molar-refractivity contribution in [1.82, 2.24) is 5.32 Å². The molecule has 0 bridgehead atoms. The van der Waals surface area contributed by atoms with Gasteiger partial charge in [-0.1, -0.05) is 6.92 Å². The second kappa shape index (κ2) is 4.83. The first kappa shape index (κ1) is 13.8. The number of carbonyl (C=O) groups is 1. The Bertz CT molecular complexity index is 492. The van der Waals surface area contributed by atoms with Gasteiger partial charge in [0, 0.05) is 11.6 Å². The predicted molar refractivity (Wildman–Crippen MR) is 61.1 cm³/mol. The van der Waals surface area contributed by atoms with Crippen molar-refractivity contribution in [2.24, 2.45) is 5.92 Å². The smallest absolute Gasteiger partial charge is 0.349 e. The lowest BCUT2D eigenvalue weighted by Crippen LogP contribution is -2.43. The summed E-state index contributed by atoms with van der Waals surface area (Å²) < 4.78 is 50.6. The molecule has 0 radical (unpaired) electrons. The summed E-state index contributed by atoms with van der Waals surface area (Å²) in [7, 11) is 0. The summed E-state index contributed by atoms with van der Waals surface area (Å²) in [6, 6.07) is 2.28. The first-order chi connectivity index (χ1) is 8.77. The molecule has 1 N–H and O–H groups in total. The van der Waals surface area contributed by atoms with Crippen LogP contribution in [0.5, 0.6) is 0 Å². The van der Waals surface area contributed by atoms with Gasteiger partial charge in [-0.05, 0) is 37.0 Å². The maximum atomic E-state index is 13.1. The van der Waals surface area contributed by atoms with Crippen LogP contribution in [-0.4, -0.2) is 11.9 Å². The molecule has 1 aromatic rings. The molecule has 0 heterocycles. The van der Waals surface area contributed by atoms with Crippen LogP contribution in [-0.2, 0) is 6.18 Å². The predicted octanol–water partition coefficient (Wildman–Crippen LogP) is 3.37. The summed E-state index contributed by atoms with van der Waals surface area (Å²) in [5, 5.41) is 2.63. The van der Waals surface area contributed by atoms with E-state index in [0.29, 0.717) is 18.1 Å². The van der Waals surface area contributed by atoms with Crippen LogP contribution < -0.4 is 5.32 Å². The minimum Gasteiger partial charge on any atom is -0.349 e. The van der Waals surface area contributed by atoms with Crippen LogP contribution in [0.2, 0.25) is 0 Å².